The van der Waals surface area contributed by atoms with Gasteiger partial charge in [-0.15, -0.1) is 0 Å². The molecule has 0 saturated carbocycles. The fourth-order valence-electron chi connectivity index (χ4n) is 2.38. The largest absolute Gasteiger partial charge is 0.0654 e. The molecule has 0 saturated heterocycles. The lowest BCUT2D eigenvalue weighted by atomic mass is 9.99. The van der Waals surface area contributed by atoms with Gasteiger partial charge in [-0.3, -0.25) is 0 Å². The number of benzene rings is 2. The van der Waals surface area contributed by atoms with E-state index < -0.39 is 0 Å². The van der Waals surface area contributed by atoms with Gasteiger partial charge in [0.05, 0.1) is 0 Å². The monoisotopic (exact) mass is 296 g/mol. The van der Waals surface area contributed by atoms with Gasteiger partial charge in [0.25, 0.3) is 0 Å². The zero-order valence-electron chi connectivity index (χ0n) is 14.6. The molecule has 2 rings (SSSR count). The third-order valence-electron chi connectivity index (χ3n) is 4.04. The second-order valence-corrected chi connectivity index (χ2v) is 6.15. The summed E-state index contributed by atoms with van der Waals surface area (Å²) in [4.78, 5) is 0. The van der Waals surface area contributed by atoms with Gasteiger partial charge in [0.1, 0.15) is 0 Å². The van der Waals surface area contributed by atoms with Crippen LogP contribution in [0.15, 0.2) is 60.7 Å². The maximum atomic E-state index is 2.30. The third kappa shape index (κ3) is 8.67. The number of rotatable bonds is 7. The van der Waals surface area contributed by atoms with Crippen molar-refractivity contribution >= 4 is 0 Å². The fourth-order valence-corrected chi connectivity index (χ4v) is 2.38. The lowest BCUT2D eigenvalue weighted by molar-refractivity contribution is 0.560. The molecule has 1 atom stereocenters. The quantitative estimate of drug-likeness (QED) is 0.499. The zero-order chi connectivity index (χ0) is 16.0. The highest BCUT2D eigenvalue weighted by Crippen LogP contribution is 2.10. The van der Waals surface area contributed by atoms with E-state index in [4.69, 9.17) is 0 Å². The highest BCUT2D eigenvalue weighted by molar-refractivity contribution is 5.15. The van der Waals surface area contributed by atoms with Crippen LogP contribution in [-0.2, 0) is 12.8 Å². The molecule has 0 aromatic heterocycles. The highest BCUT2D eigenvalue weighted by atomic mass is 14.0. The molecule has 2 aromatic carbocycles. The van der Waals surface area contributed by atoms with E-state index in [1.807, 2.05) is 0 Å². The van der Waals surface area contributed by atoms with Crippen LogP contribution < -0.4 is 0 Å². The van der Waals surface area contributed by atoms with Crippen molar-refractivity contribution in [1.29, 1.82) is 0 Å². The summed E-state index contributed by atoms with van der Waals surface area (Å²) in [6.45, 7) is 6.78. The number of aryl methyl sites for hydroxylation is 1. The van der Waals surface area contributed by atoms with Crippen LogP contribution in [0.5, 0.6) is 0 Å². The van der Waals surface area contributed by atoms with Gasteiger partial charge in [0.15, 0.2) is 0 Å². The molecule has 0 N–H and O–H groups in total. The van der Waals surface area contributed by atoms with Crippen molar-refractivity contribution < 1.29 is 0 Å². The maximum absolute atomic E-state index is 2.30. The van der Waals surface area contributed by atoms with Crippen molar-refractivity contribution in [3.8, 4) is 0 Å². The molecule has 120 valence electrons. The smallest absolute Gasteiger partial charge is 0.0253 e. The van der Waals surface area contributed by atoms with Gasteiger partial charge in [-0.1, -0.05) is 101 Å². The number of hydrogen-bond donors (Lipinski definition) is 0. The van der Waals surface area contributed by atoms with E-state index in [1.54, 1.807) is 0 Å². The molecule has 0 spiro atoms. The van der Waals surface area contributed by atoms with Crippen molar-refractivity contribution in [2.24, 2.45) is 5.92 Å². The van der Waals surface area contributed by atoms with Gasteiger partial charge in [0.2, 0.25) is 0 Å². The van der Waals surface area contributed by atoms with E-state index in [2.05, 4.69) is 81.4 Å². The van der Waals surface area contributed by atoms with Gasteiger partial charge in [-0.25, -0.2) is 0 Å². The average Bonchev–Trinajstić information content (AvgIpc) is 2.57. The van der Waals surface area contributed by atoms with E-state index >= 15 is 0 Å². The first-order chi connectivity index (χ1) is 10.8. The Morgan fingerprint density at radius 1 is 0.727 bits per heavy atom. The van der Waals surface area contributed by atoms with Gasteiger partial charge in [-0.05, 0) is 36.3 Å². The molecular formula is C22H32. The standard InChI is InChI=1S/2C11H16/c1-3-10(2)9-11-7-5-4-6-8-11;1-2-3-5-8-11-9-6-4-7-10-11/h4-8,10H,3,9H2,1-2H3;4,6-7,9-10H,2-3,5,8H2,1H3. The highest BCUT2D eigenvalue weighted by Gasteiger charge is 1.98. The predicted molar refractivity (Wildman–Crippen MR) is 99.3 cm³/mol. The van der Waals surface area contributed by atoms with Gasteiger partial charge in [-0.2, -0.15) is 0 Å². The Bertz CT molecular complexity index is 458. The van der Waals surface area contributed by atoms with Crippen LogP contribution in [0.3, 0.4) is 0 Å². The molecule has 0 aliphatic rings. The van der Waals surface area contributed by atoms with E-state index in [1.165, 1.54) is 49.7 Å². The van der Waals surface area contributed by atoms with Crippen LogP contribution in [0.4, 0.5) is 0 Å². The first-order valence-electron chi connectivity index (χ1n) is 8.84. The first kappa shape index (κ1) is 18.5. The topological polar surface area (TPSA) is 0 Å². The minimum Gasteiger partial charge on any atom is -0.0654 e. The summed E-state index contributed by atoms with van der Waals surface area (Å²) >= 11 is 0. The molecule has 0 heteroatoms. The van der Waals surface area contributed by atoms with Gasteiger partial charge < -0.3 is 0 Å². The Morgan fingerprint density at radius 2 is 1.27 bits per heavy atom. The van der Waals surface area contributed by atoms with Crippen LogP contribution in [0.25, 0.3) is 0 Å². The molecule has 1 unspecified atom stereocenters. The van der Waals surface area contributed by atoms with E-state index in [-0.39, 0.29) is 0 Å². The fraction of sp³-hybridized carbons (Fsp3) is 0.455. The summed E-state index contributed by atoms with van der Waals surface area (Å²) in [5.41, 5.74) is 2.93. The normalized spacial score (nSPS) is 11.4. The lowest BCUT2D eigenvalue weighted by Gasteiger charge is -2.06. The maximum Gasteiger partial charge on any atom is -0.0253 e. The first-order valence-corrected chi connectivity index (χ1v) is 8.84. The Kier molecular flexibility index (Phi) is 10.1. The molecule has 2 aromatic rings. The third-order valence-corrected chi connectivity index (χ3v) is 4.04. The minimum atomic E-state index is 0.817. The van der Waals surface area contributed by atoms with E-state index in [0.717, 1.165) is 5.92 Å². The van der Waals surface area contributed by atoms with Crippen LogP contribution in [0, 0.1) is 5.92 Å². The molecule has 0 fully saturated rings. The van der Waals surface area contributed by atoms with Crippen LogP contribution in [0.1, 0.15) is 57.6 Å². The second kappa shape index (κ2) is 12.0. The predicted octanol–water partition coefficient (Wildman–Crippen LogP) is 6.69. The van der Waals surface area contributed by atoms with E-state index in [9.17, 15) is 0 Å². The minimum absolute atomic E-state index is 0.817. The van der Waals surface area contributed by atoms with Crippen molar-refractivity contribution in [2.45, 2.75) is 59.3 Å². The van der Waals surface area contributed by atoms with Crippen LogP contribution in [-0.4, -0.2) is 0 Å². The molecular weight excluding hydrogens is 264 g/mol. The summed E-state index contributed by atoms with van der Waals surface area (Å²) in [7, 11) is 0. The Labute approximate surface area is 137 Å². The average molecular weight is 296 g/mol. The van der Waals surface area contributed by atoms with Crippen LogP contribution >= 0.6 is 0 Å². The Balaban J connectivity index is 0.000000220. The Hall–Kier alpha value is -1.56. The molecule has 0 bridgehead atoms. The summed E-state index contributed by atoms with van der Waals surface area (Å²) < 4.78 is 0. The molecule has 22 heavy (non-hydrogen) atoms. The zero-order valence-corrected chi connectivity index (χ0v) is 14.6. The lowest BCUT2D eigenvalue weighted by Crippen LogP contribution is -1.96. The molecule has 0 nitrogen and oxygen atoms in total. The molecule has 0 aliphatic heterocycles. The molecule has 0 heterocycles. The summed E-state index contributed by atoms with van der Waals surface area (Å²) in [6, 6.07) is 21.4. The van der Waals surface area contributed by atoms with Crippen molar-refractivity contribution in [3.63, 3.8) is 0 Å². The number of hydrogen-bond acceptors (Lipinski definition) is 0. The molecule has 0 amide bonds. The van der Waals surface area contributed by atoms with E-state index in [0.29, 0.717) is 0 Å². The van der Waals surface area contributed by atoms with Crippen molar-refractivity contribution in [3.05, 3.63) is 71.8 Å². The summed E-state index contributed by atoms with van der Waals surface area (Å²) in [5, 5.41) is 0. The Morgan fingerprint density at radius 3 is 1.77 bits per heavy atom. The summed E-state index contributed by atoms with van der Waals surface area (Å²) in [6.07, 6.45) is 7.74. The summed E-state index contributed by atoms with van der Waals surface area (Å²) in [5.74, 6) is 0.817. The van der Waals surface area contributed by atoms with Crippen molar-refractivity contribution in [2.75, 3.05) is 0 Å². The molecule has 0 radical (unpaired) electrons. The SMILES string of the molecule is CCC(C)Cc1ccccc1.CCCCCc1ccccc1. The van der Waals surface area contributed by atoms with Gasteiger partial charge in [0, 0.05) is 0 Å². The van der Waals surface area contributed by atoms with Crippen LogP contribution in [0.2, 0.25) is 0 Å². The van der Waals surface area contributed by atoms with Crippen molar-refractivity contribution in [1.82, 2.24) is 0 Å². The molecule has 0 aliphatic carbocycles. The second-order valence-electron chi connectivity index (χ2n) is 6.15. The van der Waals surface area contributed by atoms with Gasteiger partial charge >= 0.3 is 0 Å². The number of unbranched alkanes of at least 4 members (excludes halogenated alkanes) is 2.